The SMILES string of the molecule is CS(=O)(=O)c1ccc(-c2cnc(OCC3CCN(C(=O)OCc4ccccc4)CC3)cn2)cc1. The Morgan fingerprint density at radius 2 is 1.71 bits per heavy atom. The minimum absolute atomic E-state index is 0.264. The molecule has 0 spiro atoms. The first kappa shape index (κ1) is 23.7. The second-order valence-corrected chi connectivity index (χ2v) is 10.3. The lowest BCUT2D eigenvalue weighted by molar-refractivity contribution is 0.0757. The molecule has 1 fully saturated rings. The number of likely N-dealkylation sites (tertiary alicyclic amines) is 1. The van der Waals surface area contributed by atoms with Crippen LogP contribution in [-0.4, -0.2) is 55.3 Å². The number of hydrogen-bond donors (Lipinski definition) is 0. The number of amides is 1. The van der Waals surface area contributed by atoms with Gasteiger partial charge in [0.1, 0.15) is 6.61 Å². The van der Waals surface area contributed by atoms with Crippen molar-refractivity contribution in [3.05, 3.63) is 72.6 Å². The van der Waals surface area contributed by atoms with Crippen LogP contribution in [-0.2, 0) is 21.2 Å². The molecule has 0 bridgehead atoms. The highest BCUT2D eigenvalue weighted by Crippen LogP contribution is 2.22. The molecule has 0 unspecified atom stereocenters. The van der Waals surface area contributed by atoms with Gasteiger partial charge >= 0.3 is 6.09 Å². The van der Waals surface area contributed by atoms with E-state index in [2.05, 4.69) is 9.97 Å². The van der Waals surface area contributed by atoms with Gasteiger partial charge in [0.2, 0.25) is 5.88 Å². The molecule has 2 heterocycles. The number of sulfone groups is 1. The second kappa shape index (κ2) is 10.6. The number of benzene rings is 2. The molecule has 1 aromatic heterocycles. The first-order valence-electron chi connectivity index (χ1n) is 11.1. The van der Waals surface area contributed by atoms with Crippen molar-refractivity contribution < 1.29 is 22.7 Å². The molecule has 0 atom stereocenters. The molecule has 0 aliphatic carbocycles. The van der Waals surface area contributed by atoms with E-state index in [1.165, 1.54) is 6.26 Å². The molecule has 3 aromatic rings. The monoisotopic (exact) mass is 481 g/mol. The standard InChI is InChI=1S/C25H27N3O5S/c1-34(30,31)22-9-7-21(8-10-22)23-15-27-24(16-26-23)32-17-20-11-13-28(14-12-20)25(29)33-18-19-5-3-2-4-6-19/h2-10,15-16,20H,11-14,17-18H2,1H3. The van der Waals surface area contributed by atoms with Crippen LogP contribution >= 0.6 is 0 Å². The van der Waals surface area contributed by atoms with Crippen LogP contribution in [0, 0.1) is 5.92 Å². The number of ether oxygens (including phenoxy) is 2. The molecule has 8 nitrogen and oxygen atoms in total. The zero-order chi connectivity index (χ0) is 24.0. The van der Waals surface area contributed by atoms with E-state index in [-0.39, 0.29) is 17.6 Å². The number of aromatic nitrogens is 2. The third kappa shape index (κ3) is 6.32. The highest BCUT2D eigenvalue weighted by atomic mass is 32.2. The molecule has 178 valence electrons. The fraction of sp³-hybridized carbons (Fsp3) is 0.320. The quantitative estimate of drug-likeness (QED) is 0.503. The predicted molar refractivity (Wildman–Crippen MR) is 127 cm³/mol. The molecule has 1 saturated heterocycles. The van der Waals surface area contributed by atoms with Crippen LogP contribution in [0.1, 0.15) is 18.4 Å². The Labute approximate surface area is 199 Å². The average molecular weight is 482 g/mol. The fourth-order valence-corrected chi connectivity index (χ4v) is 4.34. The Bertz CT molecular complexity index is 1190. The minimum Gasteiger partial charge on any atom is -0.476 e. The molecule has 0 N–H and O–H groups in total. The van der Waals surface area contributed by atoms with E-state index >= 15 is 0 Å². The summed E-state index contributed by atoms with van der Waals surface area (Å²) in [6, 6.07) is 16.2. The fourth-order valence-electron chi connectivity index (χ4n) is 3.71. The van der Waals surface area contributed by atoms with Crippen LogP contribution in [0.15, 0.2) is 71.9 Å². The average Bonchev–Trinajstić information content (AvgIpc) is 2.87. The first-order valence-corrected chi connectivity index (χ1v) is 13.0. The molecule has 9 heteroatoms. The summed E-state index contributed by atoms with van der Waals surface area (Å²) < 4.78 is 34.4. The van der Waals surface area contributed by atoms with Gasteiger partial charge in [0.25, 0.3) is 0 Å². The topological polar surface area (TPSA) is 98.7 Å². The van der Waals surface area contributed by atoms with Crippen molar-refractivity contribution >= 4 is 15.9 Å². The molecule has 0 radical (unpaired) electrons. The number of carbonyl (C=O) groups is 1. The molecule has 2 aromatic carbocycles. The van der Waals surface area contributed by atoms with Gasteiger partial charge in [-0.2, -0.15) is 0 Å². The number of piperidine rings is 1. The van der Waals surface area contributed by atoms with Gasteiger partial charge < -0.3 is 14.4 Å². The van der Waals surface area contributed by atoms with Crippen molar-refractivity contribution in [2.45, 2.75) is 24.3 Å². The van der Waals surface area contributed by atoms with Crippen LogP contribution in [0.4, 0.5) is 4.79 Å². The highest BCUT2D eigenvalue weighted by Gasteiger charge is 2.24. The summed E-state index contributed by atoms with van der Waals surface area (Å²) in [5.74, 6) is 0.754. The maximum Gasteiger partial charge on any atom is 0.410 e. The number of rotatable bonds is 7. The lowest BCUT2D eigenvalue weighted by atomic mass is 9.98. The maximum absolute atomic E-state index is 12.3. The van der Waals surface area contributed by atoms with E-state index in [1.54, 1.807) is 41.6 Å². The zero-order valence-corrected chi connectivity index (χ0v) is 19.8. The van der Waals surface area contributed by atoms with Crippen molar-refractivity contribution in [3.8, 4) is 17.1 Å². The Kier molecular flexibility index (Phi) is 7.42. The van der Waals surface area contributed by atoms with Gasteiger partial charge in [-0.15, -0.1) is 0 Å². The molecule has 0 saturated carbocycles. The molecule has 1 amide bonds. The number of nitrogens with zero attached hydrogens (tertiary/aromatic N) is 3. The van der Waals surface area contributed by atoms with Gasteiger partial charge in [0, 0.05) is 24.9 Å². The third-order valence-electron chi connectivity index (χ3n) is 5.75. The van der Waals surface area contributed by atoms with Gasteiger partial charge in [-0.05, 0) is 36.5 Å². The summed E-state index contributed by atoms with van der Waals surface area (Å²) in [6.45, 7) is 2.05. The van der Waals surface area contributed by atoms with Crippen LogP contribution in [0.2, 0.25) is 0 Å². The smallest absolute Gasteiger partial charge is 0.410 e. The van der Waals surface area contributed by atoms with E-state index in [0.717, 1.165) is 24.0 Å². The number of hydrogen-bond acceptors (Lipinski definition) is 7. The molecule has 1 aliphatic heterocycles. The van der Waals surface area contributed by atoms with Crippen molar-refractivity contribution in [1.29, 1.82) is 0 Å². The Morgan fingerprint density at radius 3 is 2.32 bits per heavy atom. The molecule has 4 rings (SSSR count). The third-order valence-corrected chi connectivity index (χ3v) is 6.88. The number of carbonyl (C=O) groups excluding carboxylic acids is 1. The van der Waals surface area contributed by atoms with Gasteiger partial charge in [-0.25, -0.2) is 23.2 Å². The van der Waals surface area contributed by atoms with Crippen LogP contribution in [0.3, 0.4) is 0 Å². The van der Waals surface area contributed by atoms with E-state index in [4.69, 9.17) is 9.47 Å². The second-order valence-electron chi connectivity index (χ2n) is 8.32. The lowest BCUT2D eigenvalue weighted by Gasteiger charge is -2.31. The minimum atomic E-state index is -3.23. The summed E-state index contributed by atoms with van der Waals surface area (Å²) in [7, 11) is -3.23. The Hall–Kier alpha value is -3.46. The van der Waals surface area contributed by atoms with Gasteiger partial charge in [0.05, 0.1) is 29.6 Å². The summed E-state index contributed by atoms with van der Waals surface area (Å²) in [5.41, 5.74) is 2.38. The summed E-state index contributed by atoms with van der Waals surface area (Å²) in [6.07, 6.45) is 5.73. The van der Waals surface area contributed by atoms with E-state index in [1.807, 2.05) is 30.3 Å². The summed E-state index contributed by atoms with van der Waals surface area (Å²) in [5, 5.41) is 0. The van der Waals surface area contributed by atoms with Crippen molar-refractivity contribution in [2.75, 3.05) is 26.0 Å². The van der Waals surface area contributed by atoms with E-state index < -0.39 is 9.84 Å². The van der Waals surface area contributed by atoms with Crippen molar-refractivity contribution in [1.82, 2.24) is 14.9 Å². The normalized spacial score (nSPS) is 14.6. The lowest BCUT2D eigenvalue weighted by Crippen LogP contribution is -2.40. The highest BCUT2D eigenvalue weighted by molar-refractivity contribution is 7.90. The summed E-state index contributed by atoms with van der Waals surface area (Å²) >= 11 is 0. The van der Waals surface area contributed by atoms with Crippen LogP contribution in [0.5, 0.6) is 5.88 Å². The van der Waals surface area contributed by atoms with Crippen LogP contribution in [0.25, 0.3) is 11.3 Å². The molecular formula is C25H27N3O5S. The largest absolute Gasteiger partial charge is 0.476 e. The summed E-state index contributed by atoms with van der Waals surface area (Å²) in [4.78, 5) is 23.0. The van der Waals surface area contributed by atoms with Crippen molar-refractivity contribution in [3.63, 3.8) is 0 Å². The van der Waals surface area contributed by atoms with Crippen molar-refractivity contribution in [2.24, 2.45) is 5.92 Å². The molecule has 34 heavy (non-hydrogen) atoms. The van der Waals surface area contributed by atoms with Gasteiger partial charge in [0.15, 0.2) is 9.84 Å². The first-order chi connectivity index (χ1) is 16.4. The van der Waals surface area contributed by atoms with Crippen LogP contribution < -0.4 is 4.74 Å². The molecular weight excluding hydrogens is 454 g/mol. The van der Waals surface area contributed by atoms with E-state index in [0.29, 0.717) is 37.2 Å². The maximum atomic E-state index is 12.3. The van der Waals surface area contributed by atoms with E-state index in [9.17, 15) is 13.2 Å². The molecule has 1 aliphatic rings. The predicted octanol–water partition coefficient (Wildman–Crippen LogP) is 3.97. The van der Waals surface area contributed by atoms with Gasteiger partial charge in [-0.3, -0.25) is 0 Å². The van der Waals surface area contributed by atoms with Gasteiger partial charge in [-0.1, -0.05) is 42.5 Å². The Balaban J connectivity index is 1.21. The Morgan fingerprint density at radius 1 is 1.00 bits per heavy atom. The zero-order valence-electron chi connectivity index (χ0n) is 19.0.